The Balaban J connectivity index is 1.44. The van der Waals surface area contributed by atoms with Gasteiger partial charge in [0.1, 0.15) is 5.75 Å². The van der Waals surface area contributed by atoms with Gasteiger partial charge in [0, 0.05) is 30.9 Å². The van der Waals surface area contributed by atoms with Gasteiger partial charge in [-0.3, -0.25) is 0 Å². The predicted octanol–water partition coefficient (Wildman–Crippen LogP) is 3.67. The number of aromatic nitrogens is 2. The molecule has 3 N–H and O–H groups in total. The maximum absolute atomic E-state index is 12.5. The Morgan fingerprint density at radius 2 is 1.94 bits per heavy atom. The normalized spacial score (nSPS) is 14.8. The maximum Gasteiger partial charge on any atom is 0.223 e. The topological polar surface area (TPSA) is 107 Å². The number of phenols is 1. The molecule has 3 aromatic rings. The molecule has 4 rings (SSSR count). The Hall–Kier alpha value is -2.72. The molecule has 0 spiro atoms. The number of aromatic hydroxyl groups is 1. The zero-order valence-electron chi connectivity index (χ0n) is 19.6. The summed E-state index contributed by atoms with van der Waals surface area (Å²) >= 11 is 5.98. The number of nitrogens with one attached hydrogen (secondary N) is 2. The third-order valence-electron chi connectivity index (χ3n) is 6.07. The summed E-state index contributed by atoms with van der Waals surface area (Å²) in [7, 11) is -3.34. The van der Waals surface area contributed by atoms with Crippen molar-refractivity contribution in [3.63, 3.8) is 0 Å². The fourth-order valence-corrected chi connectivity index (χ4v) is 5.59. The van der Waals surface area contributed by atoms with Crippen molar-refractivity contribution in [1.29, 1.82) is 0 Å². The first-order valence-corrected chi connectivity index (χ1v) is 13.8. The highest BCUT2D eigenvalue weighted by atomic mass is 35.5. The molecule has 2 aromatic carbocycles. The SMILES string of the molecule is CS(=O)(=O)N(Cc1cccc(-c2ccnc(NCCc3ccc(O)c(Cl)c3)n2)c1)C1CCNCC1. The summed E-state index contributed by atoms with van der Waals surface area (Å²) in [6, 6.07) is 14.8. The van der Waals surface area contributed by atoms with Gasteiger partial charge in [0.05, 0.1) is 17.0 Å². The number of sulfonamides is 1. The van der Waals surface area contributed by atoms with Crippen LogP contribution in [0.5, 0.6) is 5.75 Å². The number of halogens is 1. The summed E-state index contributed by atoms with van der Waals surface area (Å²) in [6.45, 7) is 2.59. The van der Waals surface area contributed by atoms with Gasteiger partial charge in [-0.1, -0.05) is 35.9 Å². The Labute approximate surface area is 211 Å². The molecule has 1 fully saturated rings. The molecule has 35 heavy (non-hydrogen) atoms. The van der Waals surface area contributed by atoms with E-state index in [1.807, 2.05) is 36.4 Å². The zero-order valence-corrected chi connectivity index (χ0v) is 21.2. The van der Waals surface area contributed by atoms with Gasteiger partial charge in [-0.15, -0.1) is 0 Å². The summed E-state index contributed by atoms with van der Waals surface area (Å²) in [5.74, 6) is 0.572. The zero-order chi connectivity index (χ0) is 24.8. The van der Waals surface area contributed by atoms with E-state index < -0.39 is 10.0 Å². The highest BCUT2D eigenvalue weighted by Gasteiger charge is 2.28. The van der Waals surface area contributed by atoms with Crippen LogP contribution in [0.3, 0.4) is 0 Å². The number of phenolic OH excluding ortho intramolecular Hbond substituents is 1. The van der Waals surface area contributed by atoms with E-state index in [1.54, 1.807) is 22.6 Å². The first kappa shape index (κ1) is 25.4. The first-order valence-electron chi connectivity index (χ1n) is 11.6. The summed E-state index contributed by atoms with van der Waals surface area (Å²) in [4.78, 5) is 8.95. The molecule has 1 aliphatic heterocycles. The molecule has 186 valence electrons. The highest BCUT2D eigenvalue weighted by Crippen LogP contribution is 2.25. The molecule has 8 nitrogen and oxygen atoms in total. The van der Waals surface area contributed by atoms with Crippen molar-refractivity contribution in [2.24, 2.45) is 0 Å². The Morgan fingerprint density at radius 3 is 2.69 bits per heavy atom. The van der Waals surface area contributed by atoms with Gasteiger partial charge < -0.3 is 15.7 Å². The molecule has 0 amide bonds. The van der Waals surface area contributed by atoms with E-state index in [-0.39, 0.29) is 11.8 Å². The smallest absolute Gasteiger partial charge is 0.223 e. The first-order chi connectivity index (χ1) is 16.8. The fourth-order valence-electron chi connectivity index (χ4n) is 4.25. The van der Waals surface area contributed by atoms with E-state index in [2.05, 4.69) is 20.6 Å². The van der Waals surface area contributed by atoms with Crippen LogP contribution in [0.2, 0.25) is 5.02 Å². The Bertz CT molecular complexity index is 1270. The number of hydrogen-bond donors (Lipinski definition) is 3. The number of rotatable bonds is 9. The lowest BCUT2D eigenvalue weighted by Gasteiger charge is -2.32. The Morgan fingerprint density at radius 1 is 1.14 bits per heavy atom. The number of nitrogens with zero attached hydrogens (tertiary/aromatic N) is 3. The molecule has 0 atom stereocenters. The van der Waals surface area contributed by atoms with Crippen molar-refractivity contribution in [1.82, 2.24) is 19.6 Å². The molecule has 2 heterocycles. The summed E-state index contributed by atoms with van der Waals surface area (Å²) < 4.78 is 26.7. The van der Waals surface area contributed by atoms with Gasteiger partial charge in [0.2, 0.25) is 16.0 Å². The minimum absolute atomic E-state index is 0.00761. The van der Waals surface area contributed by atoms with Crippen LogP contribution in [0.25, 0.3) is 11.3 Å². The summed E-state index contributed by atoms with van der Waals surface area (Å²) in [5.41, 5.74) is 3.57. The van der Waals surface area contributed by atoms with Crippen molar-refractivity contribution < 1.29 is 13.5 Å². The molecule has 1 aromatic heterocycles. The molecule has 0 radical (unpaired) electrons. The van der Waals surface area contributed by atoms with Crippen molar-refractivity contribution >= 4 is 27.6 Å². The largest absolute Gasteiger partial charge is 0.506 e. The van der Waals surface area contributed by atoms with Crippen LogP contribution in [-0.2, 0) is 23.0 Å². The van der Waals surface area contributed by atoms with Crippen molar-refractivity contribution in [2.75, 3.05) is 31.2 Å². The number of anilines is 1. The minimum atomic E-state index is -3.34. The standard InChI is InChI=1S/C25H30ClN5O3S/c1-35(33,34)31(21-8-11-27-12-9-21)17-19-3-2-4-20(15-19)23-10-14-29-25(30-23)28-13-7-18-5-6-24(32)22(26)16-18/h2-6,10,14-16,21,27,32H,7-9,11-13,17H2,1H3,(H,28,29,30). The van der Waals surface area contributed by atoms with Crippen LogP contribution < -0.4 is 10.6 Å². The molecular formula is C25H30ClN5O3S. The molecular weight excluding hydrogens is 486 g/mol. The Kier molecular flexibility index (Phi) is 8.22. The van der Waals surface area contributed by atoms with Crippen LogP contribution in [0, 0.1) is 0 Å². The second-order valence-corrected chi connectivity index (χ2v) is 11.1. The summed E-state index contributed by atoms with van der Waals surface area (Å²) in [6.07, 6.45) is 5.30. The quantitative estimate of drug-likeness (QED) is 0.399. The van der Waals surface area contributed by atoms with E-state index in [0.717, 1.165) is 48.3 Å². The minimum Gasteiger partial charge on any atom is -0.506 e. The van der Waals surface area contributed by atoms with Crippen molar-refractivity contribution in [3.05, 3.63) is 70.9 Å². The fraction of sp³-hybridized carbons (Fsp3) is 0.360. The van der Waals surface area contributed by atoms with Crippen LogP contribution in [0.4, 0.5) is 5.95 Å². The van der Waals surface area contributed by atoms with E-state index in [0.29, 0.717) is 30.5 Å². The maximum atomic E-state index is 12.5. The van der Waals surface area contributed by atoms with Crippen LogP contribution in [-0.4, -0.2) is 59.7 Å². The van der Waals surface area contributed by atoms with Gasteiger partial charge in [-0.2, -0.15) is 4.31 Å². The van der Waals surface area contributed by atoms with E-state index in [1.165, 1.54) is 6.26 Å². The summed E-state index contributed by atoms with van der Waals surface area (Å²) in [5, 5.41) is 16.4. The van der Waals surface area contributed by atoms with Gasteiger partial charge in [-0.25, -0.2) is 18.4 Å². The lowest BCUT2D eigenvalue weighted by molar-refractivity contribution is 0.258. The molecule has 1 saturated heterocycles. The molecule has 0 aliphatic carbocycles. The second kappa shape index (κ2) is 11.3. The van der Waals surface area contributed by atoms with Crippen molar-refractivity contribution in [2.45, 2.75) is 31.8 Å². The van der Waals surface area contributed by atoms with Gasteiger partial charge in [0.25, 0.3) is 0 Å². The lowest BCUT2D eigenvalue weighted by atomic mass is 10.0. The predicted molar refractivity (Wildman–Crippen MR) is 139 cm³/mol. The average Bonchev–Trinajstić information content (AvgIpc) is 2.85. The number of piperidine rings is 1. The van der Waals surface area contributed by atoms with Crippen molar-refractivity contribution in [3.8, 4) is 17.0 Å². The van der Waals surface area contributed by atoms with E-state index in [4.69, 9.17) is 11.6 Å². The monoisotopic (exact) mass is 515 g/mol. The van der Waals surface area contributed by atoms with E-state index in [9.17, 15) is 13.5 Å². The van der Waals surface area contributed by atoms with E-state index >= 15 is 0 Å². The molecule has 1 aliphatic rings. The highest BCUT2D eigenvalue weighted by molar-refractivity contribution is 7.88. The third kappa shape index (κ3) is 6.91. The number of hydrogen-bond acceptors (Lipinski definition) is 7. The van der Waals surface area contributed by atoms with Crippen LogP contribution in [0.15, 0.2) is 54.7 Å². The van der Waals surface area contributed by atoms with Crippen LogP contribution >= 0.6 is 11.6 Å². The lowest BCUT2D eigenvalue weighted by Crippen LogP contribution is -2.45. The van der Waals surface area contributed by atoms with Gasteiger partial charge in [0.15, 0.2) is 0 Å². The van der Waals surface area contributed by atoms with Crippen LogP contribution in [0.1, 0.15) is 24.0 Å². The molecule has 0 saturated carbocycles. The molecule has 0 unspecified atom stereocenters. The average molecular weight is 516 g/mol. The number of benzene rings is 2. The second-order valence-electron chi connectivity index (χ2n) is 8.72. The third-order valence-corrected chi connectivity index (χ3v) is 7.65. The molecule has 0 bridgehead atoms. The molecule has 10 heteroatoms. The van der Waals surface area contributed by atoms with Gasteiger partial charge in [-0.05, 0) is 67.7 Å². The van der Waals surface area contributed by atoms with Gasteiger partial charge >= 0.3 is 0 Å².